The van der Waals surface area contributed by atoms with Crippen LogP contribution < -0.4 is 9.47 Å². The van der Waals surface area contributed by atoms with Crippen LogP contribution in [0.25, 0.3) is 10.9 Å². The van der Waals surface area contributed by atoms with E-state index in [0.29, 0.717) is 27.9 Å². The lowest BCUT2D eigenvalue weighted by atomic mass is 10.1. The summed E-state index contributed by atoms with van der Waals surface area (Å²) >= 11 is 6.81. The molecule has 0 radical (unpaired) electrons. The van der Waals surface area contributed by atoms with E-state index in [0.717, 1.165) is 22.4 Å². The van der Waals surface area contributed by atoms with Gasteiger partial charge in [-0.25, -0.2) is 0 Å². The largest absolute Gasteiger partial charge is 0.454 e. The van der Waals surface area contributed by atoms with E-state index >= 15 is 0 Å². The molecule has 2 aromatic carbocycles. The summed E-state index contributed by atoms with van der Waals surface area (Å²) in [4.78, 5) is 18.4. The number of ether oxygens (including phenoxy) is 2. The highest BCUT2D eigenvalue weighted by atomic mass is 32.2. The van der Waals surface area contributed by atoms with Gasteiger partial charge in [0.15, 0.2) is 11.5 Å². The molecular weight excluding hydrogens is 392 g/mol. The minimum absolute atomic E-state index is 0.0486. The zero-order valence-electron chi connectivity index (χ0n) is 14.8. The Labute approximate surface area is 171 Å². The summed E-state index contributed by atoms with van der Waals surface area (Å²) < 4.78 is 11.3. The topological polar surface area (TPSA) is 54.6 Å². The lowest BCUT2D eigenvalue weighted by molar-refractivity contribution is -0.122. The van der Waals surface area contributed by atoms with Crippen molar-refractivity contribution in [1.29, 1.82) is 0 Å². The van der Waals surface area contributed by atoms with E-state index in [4.69, 9.17) is 21.7 Å². The molecule has 7 heteroatoms. The van der Waals surface area contributed by atoms with E-state index in [1.807, 2.05) is 48.7 Å². The molecule has 3 heterocycles. The monoisotopic (exact) mass is 408 g/mol. The molecular formula is C21H16N2O3S2. The first kappa shape index (κ1) is 17.3. The van der Waals surface area contributed by atoms with Gasteiger partial charge in [0, 0.05) is 17.1 Å². The van der Waals surface area contributed by atoms with Crippen LogP contribution in [0.1, 0.15) is 11.1 Å². The second-order valence-electron chi connectivity index (χ2n) is 6.58. The van der Waals surface area contributed by atoms with Crippen molar-refractivity contribution in [2.45, 2.75) is 13.0 Å². The highest BCUT2D eigenvalue weighted by Gasteiger charge is 2.32. The number of nitrogens with zero attached hydrogens (tertiary/aromatic N) is 1. The van der Waals surface area contributed by atoms with Gasteiger partial charge in [-0.3, -0.25) is 9.69 Å². The van der Waals surface area contributed by atoms with Crippen molar-refractivity contribution in [1.82, 2.24) is 9.88 Å². The molecule has 0 bridgehead atoms. The fourth-order valence-electron chi connectivity index (χ4n) is 3.40. The SMILES string of the molecule is O=C1/C(=C/Cc2c[nH]c3ccccc23)SC(=S)N1Cc1ccc2c(c1)OCO2. The van der Waals surface area contributed by atoms with Crippen molar-refractivity contribution in [2.24, 2.45) is 0 Å². The average Bonchev–Trinajstić information content (AvgIpc) is 3.40. The number of hydrogen-bond acceptors (Lipinski definition) is 5. The van der Waals surface area contributed by atoms with E-state index in [1.54, 1.807) is 4.90 Å². The van der Waals surface area contributed by atoms with Gasteiger partial charge in [-0.15, -0.1) is 0 Å². The number of allylic oxidation sites excluding steroid dienone is 1. The third-order valence-corrected chi connectivity index (χ3v) is 6.26. The second-order valence-corrected chi connectivity index (χ2v) is 8.25. The third kappa shape index (κ3) is 3.06. The first-order valence-corrected chi connectivity index (χ1v) is 10.1. The lowest BCUT2D eigenvalue weighted by Gasteiger charge is -2.14. The fraction of sp³-hybridized carbons (Fsp3) is 0.143. The molecule has 0 unspecified atom stereocenters. The Morgan fingerprint density at radius 3 is 2.96 bits per heavy atom. The van der Waals surface area contributed by atoms with Gasteiger partial charge < -0.3 is 14.5 Å². The smallest absolute Gasteiger partial charge is 0.266 e. The van der Waals surface area contributed by atoms with Crippen LogP contribution in [0.5, 0.6) is 11.5 Å². The summed E-state index contributed by atoms with van der Waals surface area (Å²) in [5.74, 6) is 1.39. The first-order chi connectivity index (χ1) is 13.7. The standard InChI is InChI=1S/C21H16N2O3S2/c24-20-19(8-6-14-10-22-16-4-2-1-3-15(14)16)28-21(27)23(20)11-13-5-7-17-18(9-13)26-12-25-17/h1-5,7-10,22H,6,11-12H2/b19-8-. The Hall–Kier alpha value is -2.77. The number of thioether (sulfide) groups is 1. The molecule has 0 spiro atoms. The van der Waals surface area contributed by atoms with Gasteiger partial charge in [0.1, 0.15) is 4.32 Å². The Morgan fingerprint density at radius 2 is 2.04 bits per heavy atom. The summed E-state index contributed by atoms with van der Waals surface area (Å²) in [6.45, 7) is 0.655. The quantitative estimate of drug-likeness (QED) is 0.513. The number of benzene rings is 2. The van der Waals surface area contributed by atoms with Crippen molar-refractivity contribution in [2.75, 3.05) is 6.79 Å². The maximum Gasteiger partial charge on any atom is 0.266 e. The second kappa shape index (κ2) is 7.00. The van der Waals surface area contributed by atoms with Crippen LogP contribution in [0.2, 0.25) is 0 Å². The number of hydrogen-bond donors (Lipinski definition) is 1. The number of amides is 1. The van der Waals surface area contributed by atoms with Crippen molar-refractivity contribution in [3.05, 3.63) is 70.8 Å². The highest BCUT2D eigenvalue weighted by molar-refractivity contribution is 8.26. The van der Waals surface area contributed by atoms with Gasteiger partial charge >= 0.3 is 0 Å². The van der Waals surface area contributed by atoms with Gasteiger partial charge in [-0.05, 0) is 35.7 Å². The summed E-state index contributed by atoms with van der Waals surface area (Å²) in [6.07, 6.45) is 4.64. The molecule has 1 amide bonds. The molecule has 1 N–H and O–H groups in total. The third-order valence-electron chi connectivity index (χ3n) is 4.83. The average molecular weight is 409 g/mol. The van der Waals surface area contributed by atoms with E-state index in [2.05, 4.69) is 11.1 Å². The van der Waals surface area contributed by atoms with E-state index < -0.39 is 0 Å². The molecule has 0 saturated carbocycles. The summed E-state index contributed by atoms with van der Waals surface area (Å²) in [7, 11) is 0. The Bertz CT molecular complexity index is 1140. The molecule has 5 nitrogen and oxygen atoms in total. The predicted octanol–water partition coefficient (Wildman–Crippen LogP) is 4.38. The summed E-state index contributed by atoms with van der Waals surface area (Å²) in [5, 5.41) is 1.18. The molecule has 1 saturated heterocycles. The molecule has 2 aliphatic heterocycles. The molecule has 2 aliphatic rings. The van der Waals surface area contributed by atoms with Gasteiger partial charge in [0.25, 0.3) is 5.91 Å². The van der Waals surface area contributed by atoms with Crippen molar-refractivity contribution >= 4 is 45.1 Å². The Balaban J connectivity index is 1.33. The number of para-hydroxylation sites is 1. The predicted molar refractivity (Wildman–Crippen MR) is 113 cm³/mol. The number of rotatable bonds is 4. The Kier molecular flexibility index (Phi) is 4.33. The maximum absolute atomic E-state index is 12.9. The van der Waals surface area contributed by atoms with Gasteiger partial charge in [-0.2, -0.15) is 0 Å². The molecule has 3 aromatic rings. The zero-order valence-corrected chi connectivity index (χ0v) is 16.4. The van der Waals surface area contributed by atoms with E-state index in [-0.39, 0.29) is 12.7 Å². The van der Waals surface area contributed by atoms with Crippen LogP contribution in [0, 0.1) is 0 Å². The molecule has 0 aliphatic carbocycles. The molecule has 1 aromatic heterocycles. The Morgan fingerprint density at radius 1 is 1.18 bits per heavy atom. The number of carbonyl (C=O) groups excluding carboxylic acids is 1. The number of thiocarbonyl (C=S) groups is 1. The van der Waals surface area contributed by atoms with Gasteiger partial charge in [-0.1, -0.05) is 54.3 Å². The van der Waals surface area contributed by atoms with Crippen molar-refractivity contribution in [3.8, 4) is 11.5 Å². The van der Waals surface area contributed by atoms with Crippen LogP contribution >= 0.6 is 24.0 Å². The number of fused-ring (bicyclic) bond motifs is 2. The van der Waals surface area contributed by atoms with E-state index in [1.165, 1.54) is 17.1 Å². The van der Waals surface area contributed by atoms with E-state index in [9.17, 15) is 4.79 Å². The normalized spacial score (nSPS) is 17.3. The van der Waals surface area contributed by atoms with Crippen LogP contribution in [-0.2, 0) is 17.8 Å². The first-order valence-electron chi connectivity index (χ1n) is 8.86. The molecule has 5 rings (SSSR count). The highest BCUT2D eigenvalue weighted by Crippen LogP contribution is 2.36. The van der Waals surface area contributed by atoms with Crippen LogP contribution in [0.15, 0.2) is 59.6 Å². The van der Waals surface area contributed by atoms with Gasteiger partial charge in [0.05, 0.1) is 11.4 Å². The molecule has 140 valence electrons. The molecule has 0 atom stereocenters. The maximum atomic E-state index is 12.9. The molecule has 1 fully saturated rings. The van der Waals surface area contributed by atoms with Crippen molar-refractivity contribution in [3.63, 3.8) is 0 Å². The lowest BCUT2D eigenvalue weighted by Crippen LogP contribution is -2.27. The summed E-state index contributed by atoms with van der Waals surface area (Å²) in [5.41, 5.74) is 3.22. The molecule has 28 heavy (non-hydrogen) atoms. The number of aromatic amines is 1. The zero-order chi connectivity index (χ0) is 19.1. The number of H-pyrrole nitrogens is 1. The van der Waals surface area contributed by atoms with Crippen LogP contribution in [0.3, 0.4) is 0 Å². The number of nitrogens with one attached hydrogen (secondary N) is 1. The summed E-state index contributed by atoms with van der Waals surface area (Å²) in [6, 6.07) is 13.8. The number of aromatic nitrogens is 1. The van der Waals surface area contributed by atoms with Crippen LogP contribution in [-0.4, -0.2) is 26.9 Å². The van der Waals surface area contributed by atoms with Crippen molar-refractivity contribution < 1.29 is 14.3 Å². The van der Waals surface area contributed by atoms with Crippen LogP contribution in [0.4, 0.5) is 0 Å². The number of carbonyl (C=O) groups is 1. The fourth-order valence-corrected chi connectivity index (χ4v) is 4.63. The minimum Gasteiger partial charge on any atom is -0.454 e. The minimum atomic E-state index is -0.0486. The van der Waals surface area contributed by atoms with Gasteiger partial charge in [0.2, 0.25) is 6.79 Å².